The first-order chi connectivity index (χ1) is 9.78. The van der Waals surface area contributed by atoms with Gasteiger partial charge in [-0.15, -0.1) is 11.6 Å². The van der Waals surface area contributed by atoms with Crippen molar-refractivity contribution in [1.82, 2.24) is 14.7 Å². The summed E-state index contributed by atoms with van der Waals surface area (Å²) in [5, 5.41) is 4.78. The molecule has 2 rings (SSSR count). The van der Waals surface area contributed by atoms with Gasteiger partial charge < -0.3 is 0 Å². The SMILES string of the molecule is CCC(CC)n1ccc(CN(CCCl)C2CCCC2)n1. The van der Waals surface area contributed by atoms with E-state index in [0.29, 0.717) is 18.0 Å². The van der Waals surface area contributed by atoms with Gasteiger partial charge in [0, 0.05) is 31.2 Å². The number of hydrogen-bond donors (Lipinski definition) is 0. The average molecular weight is 298 g/mol. The van der Waals surface area contributed by atoms with Crippen LogP contribution in [0.2, 0.25) is 0 Å². The summed E-state index contributed by atoms with van der Waals surface area (Å²) >= 11 is 5.97. The van der Waals surface area contributed by atoms with E-state index in [2.05, 4.69) is 35.7 Å². The van der Waals surface area contributed by atoms with E-state index in [1.807, 2.05) is 0 Å². The maximum Gasteiger partial charge on any atom is 0.0765 e. The topological polar surface area (TPSA) is 21.1 Å². The Kier molecular flexibility index (Phi) is 6.37. The predicted octanol–water partition coefficient (Wildman–Crippen LogP) is 4.23. The zero-order valence-corrected chi connectivity index (χ0v) is 13.6. The van der Waals surface area contributed by atoms with Crippen LogP contribution in [0.4, 0.5) is 0 Å². The van der Waals surface area contributed by atoms with E-state index < -0.39 is 0 Å². The standard InChI is InChI=1S/C16H28ClN3/c1-3-15(4-2)20-11-9-14(18-20)13-19(12-10-17)16-7-5-6-8-16/h9,11,15-16H,3-8,10,12-13H2,1-2H3. The number of aromatic nitrogens is 2. The Morgan fingerprint density at radius 2 is 2.05 bits per heavy atom. The third-order valence-corrected chi connectivity index (χ3v) is 4.73. The average Bonchev–Trinajstić information content (AvgIpc) is 3.11. The van der Waals surface area contributed by atoms with Gasteiger partial charge in [-0.25, -0.2) is 0 Å². The summed E-state index contributed by atoms with van der Waals surface area (Å²) in [6, 6.07) is 3.43. The van der Waals surface area contributed by atoms with Crippen LogP contribution in [0, 0.1) is 0 Å². The van der Waals surface area contributed by atoms with Crippen LogP contribution in [-0.4, -0.2) is 33.1 Å². The first-order valence-corrected chi connectivity index (χ1v) is 8.66. The smallest absolute Gasteiger partial charge is 0.0765 e. The van der Waals surface area contributed by atoms with Gasteiger partial charge in [0.25, 0.3) is 0 Å². The molecule has 0 N–H and O–H groups in total. The zero-order valence-electron chi connectivity index (χ0n) is 12.9. The second-order valence-corrected chi connectivity index (χ2v) is 6.23. The minimum Gasteiger partial charge on any atom is -0.293 e. The molecule has 1 aliphatic carbocycles. The molecule has 1 aromatic heterocycles. The summed E-state index contributed by atoms with van der Waals surface area (Å²) in [5.74, 6) is 0.712. The monoisotopic (exact) mass is 297 g/mol. The third-order valence-electron chi connectivity index (χ3n) is 4.56. The fraction of sp³-hybridized carbons (Fsp3) is 0.812. The van der Waals surface area contributed by atoms with Gasteiger partial charge in [-0.1, -0.05) is 26.7 Å². The Morgan fingerprint density at radius 1 is 1.35 bits per heavy atom. The summed E-state index contributed by atoms with van der Waals surface area (Å²) in [5.41, 5.74) is 1.19. The van der Waals surface area contributed by atoms with Gasteiger partial charge in [-0.3, -0.25) is 9.58 Å². The Labute approximate surface area is 128 Å². The van der Waals surface area contributed by atoms with Gasteiger partial charge in [0.05, 0.1) is 11.7 Å². The van der Waals surface area contributed by atoms with Crippen LogP contribution < -0.4 is 0 Å². The van der Waals surface area contributed by atoms with E-state index in [1.54, 1.807) is 0 Å². The molecule has 4 heteroatoms. The molecule has 0 amide bonds. The first-order valence-electron chi connectivity index (χ1n) is 8.12. The Balaban J connectivity index is 1.99. The molecule has 0 unspecified atom stereocenters. The molecular formula is C16H28ClN3. The van der Waals surface area contributed by atoms with Crippen LogP contribution >= 0.6 is 11.6 Å². The fourth-order valence-corrected chi connectivity index (χ4v) is 3.52. The lowest BCUT2D eigenvalue weighted by Gasteiger charge is -2.27. The molecule has 0 spiro atoms. The highest BCUT2D eigenvalue weighted by Gasteiger charge is 2.23. The summed E-state index contributed by atoms with van der Waals surface area (Å²) in [7, 11) is 0. The van der Waals surface area contributed by atoms with Gasteiger partial charge in [-0.05, 0) is 31.7 Å². The van der Waals surface area contributed by atoms with Crippen molar-refractivity contribution >= 4 is 11.6 Å². The third kappa shape index (κ3) is 3.98. The first kappa shape index (κ1) is 15.8. The number of rotatable bonds is 8. The van der Waals surface area contributed by atoms with Gasteiger partial charge in [0.2, 0.25) is 0 Å². The van der Waals surface area contributed by atoms with Gasteiger partial charge in [0.1, 0.15) is 0 Å². The number of nitrogens with zero attached hydrogens (tertiary/aromatic N) is 3. The van der Waals surface area contributed by atoms with E-state index in [0.717, 1.165) is 25.9 Å². The maximum absolute atomic E-state index is 5.97. The molecule has 1 aromatic rings. The van der Waals surface area contributed by atoms with Crippen molar-refractivity contribution in [3.05, 3.63) is 18.0 Å². The lowest BCUT2D eigenvalue weighted by Crippen LogP contribution is -2.34. The van der Waals surface area contributed by atoms with E-state index in [4.69, 9.17) is 16.7 Å². The zero-order chi connectivity index (χ0) is 14.4. The lowest BCUT2D eigenvalue weighted by atomic mass is 10.2. The van der Waals surface area contributed by atoms with E-state index in [9.17, 15) is 0 Å². The molecule has 0 radical (unpaired) electrons. The molecule has 20 heavy (non-hydrogen) atoms. The highest BCUT2D eigenvalue weighted by atomic mass is 35.5. The van der Waals surface area contributed by atoms with E-state index in [-0.39, 0.29) is 0 Å². The summed E-state index contributed by atoms with van der Waals surface area (Å²) in [4.78, 5) is 2.53. The number of alkyl halides is 1. The predicted molar refractivity (Wildman–Crippen MR) is 85.2 cm³/mol. The second-order valence-electron chi connectivity index (χ2n) is 5.86. The molecule has 1 heterocycles. The van der Waals surface area contributed by atoms with E-state index >= 15 is 0 Å². The minimum atomic E-state index is 0.539. The Hall–Kier alpha value is -0.540. The van der Waals surface area contributed by atoms with Crippen LogP contribution in [0.1, 0.15) is 64.1 Å². The normalized spacial score (nSPS) is 16.6. The summed E-state index contributed by atoms with van der Waals surface area (Å²) < 4.78 is 2.14. The van der Waals surface area contributed by atoms with Crippen LogP contribution in [0.5, 0.6) is 0 Å². The van der Waals surface area contributed by atoms with Crippen LogP contribution in [-0.2, 0) is 6.54 Å². The molecular weight excluding hydrogens is 270 g/mol. The lowest BCUT2D eigenvalue weighted by molar-refractivity contribution is 0.198. The largest absolute Gasteiger partial charge is 0.293 e. The highest BCUT2D eigenvalue weighted by molar-refractivity contribution is 6.18. The van der Waals surface area contributed by atoms with Crippen molar-refractivity contribution in [3.8, 4) is 0 Å². The van der Waals surface area contributed by atoms with Crippen molar-refractivity contribution < 1.29 is 0 Å². The van der Waals surface area contributed by atoms with Crippen molar-refractivity contribution in [1.29, 1.82) is 0 Å². The maximum atomic E-state index is 5.97. The molecule has 1 aliphatic rings. The molecule has 1 fully saturated rings. The van der Waals surface area contributed by atoms with Crippen LogP contribution in [0.25, 0.3) is 0 Å². The van der Waals surface area contributed by atoms with Crippen LogP contribution in [0.3, 0.4) is 0 Å². The molecule has 114 valence electrons. The molecule has 3 nitrogen and oxygen atoms in total. The van der Waals surface area contributed by atoms with Crippen LogP contribution in [0.15, 0.2) is 12.3 Å². The quantitative estimate of drug-likeness (QED) is 0.670. The van der Waals surface area contributed by atoms with Gasteiger partial charge >= 0.3 is 0 Å². The van der Waals surface area contributed by atoms with Gasteiger partial charge in [0.15, 0.2) is 0 Å². The highest BCUT2D eigenvalue weighted by Crippen LogP contribution is 2.25. The molecule has 0 atom stereocenters. The molecule has 0 aromatic carbocycles. The van der Waals surface area contributed by atoms with Crippen molar-refractivity contribution in [2.45, 2.75) is 71.0 Å². The van der Waals surface area contributed by atoms with Gasteiger partial charge in [-0.2, -0.15) is 5.10 Å². The fourth-order valence-electron chi connectivity index (χ4n) is 3.30. The number of halogens is 1. The second kappa shape index (κ2) is 8.04. The summed E-state index contributed by atoms with van der Waals surface area (Å²) in [6.07, 6.45) is 9.81. The van der Waals surface area contributed by atoms with Crippen molar-refractivity contribution in [2.75, 3.05) is 12.4 Å². The van der Waals surface area contributed by atoms with Crippen molar-refractivity contribution in [2.24, 2.45) is 0 Å². The summed E-state index contributed by atoms with van der Waals surface area (Å²) in [6.45, 7) is 6.39. The Bertz CT molecular complexity index is 381. The van der Waals surface area contributed by atoms with E-state index in [1.165, 1.54) is 31.4 Å². The molecule has 0 saturated heterocycles. The van der Waals surface area contributed by atoms with Crippen molar-refractivity contribution in [3.63, 3.8) is 0 Å². The number of hydrogen-bond acceptors (Lipinski definition) is 2. The molecule has 0 bridgehead atoms. The molecule has 0 aliphatic heterocycles. The Morgan fingerprint density at radius 3 is 2.65 bits per heavy atom. The minimum absolute atomic E-state index is 0.539. The molecule has 1 saturated carbocycles.